The van der Waals surface area contributed by atoms with Crippen LogP contribution >= 0.6 is 0 Å². The monoisotopic (exact) mass is 264 g/mol. The molecule has 104 valence electrons. The van der Waals surface area contributed by atoms with Crippen LogP contribution in [0.3, 0.4) is 0 Å². The Balaban J connectivity index is 2.34. The quantitative estimate of drug-likeness (QED) is 0.793. The lowest BCUT2D eigenvalue weighted by molar-refractivity contribution is -0.144. The summed E-state index contributed by atoms with van der Waals surface area (Å²) < 4.78 is 1.69. The number of aryl methyl sites for hydroxylation is 1. The highest BCUT2D eigenvalue weighted by Crippen LogP contribution is 2.24. The second-order valence-electron chi connectivity index (χ2n) is 5.51. The van der Waals surface area contributed by atoms with E-state index in [0.29, 0.717) is 24.5 Å². The third-order valence-electron chi connectivity index (χ3n) is 3.69. The molecule has 1 aromatic rings. The van der Waals surface area contributed by atoms with Crippen LogP contribution in [0.5, 0.6) is 0 Å². The van der Waals surface area contributed by atoms with Gasteiger partial charge in [-0.3, -0.25) is 9.59 Å². The van der Waals surface area contributed by atoms with E-state index in [2.05, 4.69) is 0 Å². The number of nitrogens with zero attached hydrogens (tertiary/aromatic N) is 3. The van der Waals surface area contributed by atoms with E-state index in [4.69, 9.17) is 5.73 Å². The normalized spacial score (nSPS) is 18.8. The van der Waals surface area contributed by atoms with Gasteiger partial charge in [-0.1, -0.05) is 0 Å². The fraction of sp³-hybridized carbons (Fsp3) is 0.538. The zero-order chi connectivity index (χ0) is 14.4. The van der Waals surface area contributed by atoms with Gasteiger partial charge in [-0.25, -0.2) is 0 Å². The molecule has 1 fully saturated rings. The third kappa shape index (κ3) is 2.07. The molecule has 0 spiro atoms. The summed E-state index contributed by atoms with van der Waals surface area (Å²) >= 11 is 0. The van der Waals surface area contributed by atoms with Gasteiger partial charge in [-0.05, 0) is 19.9 Å². The molecule has 6 nitrogen and oxygen atoms in total. The number of anilines is 1. The van der Waals surface area contributed by atoms with Crippen molar-refractivity contribution in [1.82, 2.24) is 14.4 Å². The molecule has 2 rings (SSSR count). The predicted molar refractivity (Wildman–Crippen MR) is 72.6 cm³/mol. The van der Waals surface area contributed by atoms with Gasteiger partial charge in [-0.2, -0.15) is 0 Å². The Kier molecular flexibility index (Phi) is 3.04. The van der Waals surface area contributed by atoms with E-state index in [1.807, 2.05) is 0 Å². The summed E-state index contributed by atoms with van der Waals surface area (Å²) in [6.07, 6.45) is 1.69. The number of rotatable bonds is 1. The molecule has 2 amide bonds. The molecule has 0 saturated carbocycles. The molecule has 2 heterocycles. The molecule has 0 radical (unpaired) electrons. The maximum absolute atomic E-state index is 12.6. The minimum absolute atomic E-state index is 0.0470. The molecule has 2 N–H and O–H groups in total. The number of hydrogen-bond acceptors (Lipinski definition) is 3. The van der Waals surface area contributed by atoms with Gasteiger partial charge < -0.3 is 20.1 Å². The summed E-state index contributed by atoms with van der Waals surface area (Å²) in [4.78, 5) is 28.0. The van der Waals surface area contributed by atoms with Crippen LogP contribution in [0.15, 0.2) is 12.3 Å². The SMILES string of the molecule is CN1CCN(C(=O)c2cc(N)cn2C)C(C)(C)C1=O. The number of nitrogens with two attached hydrogens (primary N) is 1. The van der Waals surface area contributed by atoms with Crippen molar-refractivity contribution < 1.29 is 9.59 Å². The largest absolute Gasteiger partial charge is 0.397 e. The number of nitrogen functional groups attached to an aromatic ring is 1. The first kappa shape index (κ1) is 13.5. The van der Waals surface area contributed by atoms with Crippen molar-refractivity contribution in [3.63, 3.8) is 0 Å². The number of hydrogen-bond donors (Lipinski definition) is 1. The van der Waals surface area contributed by atoms with Crippen LogP contribution in [0.4, 0.5) is 5.69 Å². The number of carbonyl (C=O) groups is 2. The minimum atomic E-state index is -0.830. The lowest BCUT2D eigenvalue weighted by Gasteiger charge is -2.44. The minimum Gasteiger partial charge on any atom is -0.397 e. The second kappa shape index (κ2) is 4.29. The van der Waals surface area contributed by atoms with E-state index < -0.39 is 5.54 Å². The van der Waals surface area contributed by atoms with Gasteiger partial charge in [0.1, 0.15) is 11.2 Å². The van der Waals surface area contributed by atoms with Gasteiger partial charge in [0, 0.05) is 33.4 Å². The van der Waals surface area contributed by atoms with Gasteiger partial charge in [0.15, 0.2) is 0 Å². The van der Waals surface area contributed by atoms with Gasteiger partial charge >= 0.3 is 0 Å². The molecular formula is C13H20N4O2. The lowest BCUT2D eigenvalue weighted by Crippen LogP contribution is -2.63. The van der Waals surface area contributed by atoms with Crippen LogP contribution in [0.25, 0.3) is 0 Å². The standard InChI is InChI=1S/C13H20N4O2/c1-13(2)12(19)15(3)5-6-17(13)11(18)10-7-9(14)8-16(10)4/h7-8H,5-6,14H2,1-4H3. The molecule has 6 heteroatoms. The predicted octanol–water partition coefficient (Wildman–Crippen LogP) is 0.300. The van der Waals surface area contributed by atoms with Crippen molar-refractivity contribution >= 4 is 17.5 Å². The molecular weight excluding hydrogens is 244 g/mol. The van der Waals surface area contributed by atoms with E-state index in [1.165, 1.54) is 0 Å². The van der Waals surface area contributed by atoms with Gasteiger partial charge in [-0.15, -0.1) is 0 Å². The molecule has 1 aliphatic rings. The Morgan fingerprint density at radius 2 is 1.95 bits per heavy atom. The lowest BCUT2D eigenvalue weighted by atomic mass is 9.97. The number of likely N-dealkylation sites (N-methyl/N-ethyl adjacent to an activating group) is 1. The fourth-order valence-electron chi connectivity index (χ4n) is 2.51. The van der Waals surface area contributed by atoms with Crippen molar-refractivity contribution in [2.24, 2.45) is 7.05 Å². The molecule has 1 aliphatic heterocycles. The van der Waals surface area contributed by atoms with E-state index in [-0.39, 0.29) is 11.8 Å². The van der Waals surface area contributed by atoms with Gasteiger partial charge in [0.2, 0.25) is 5.91 Å². The first-order valence-corrected chi connectivity index (χ1v) is 6.24. The van der Waals surface area contributed by atoms with E-state index in [0.717, 1.165) is 0 Å². The summed E-state index contributed by atoms with van der Waals surface area (Å²) in [5, 5.41) is 0. The van der Waals surface area contributed by atoms with E-state index in [9.17, 15) is 9.59 Å². The van der Waals surface area contributed by atoms with Crippen LogP contribution in [0, 0.1) is 0 Å². The molecule has 0 bridgehead atoms. The molecule has 0 aliphatic carbocycles. The molecule has 1 aromatic heterocycles. The average molecular weight is 264 g/mol. The van der Waals surface area contributed by atoms with Crippen molar-refractivity contribution in [3.05, 3.63) is 18.0 Å². The van der Waals surface area contributed by atoms with E-state index in [1.54, 1.807) is 54.6 Å². The number of piperazine rings is 1. The summed E-state index contributed by atoms with van der Waals surface area (Å²) in [7, 11) is 3.53. The summed E-state index contributed by atoms with van der Waals surface area (Å²) in [5.74, 6) is -0.208. The number of amides is 2. The highest BCUT2D eigenvalue weighted by Gasteiger charge is 2.43. The van der Waals surface area contributed by atoms with Crippen molar-refractivity contribution in [2.45, 2.75) is 19.4 Å². The first-order chi connectivity index (χ1) is 8.75. The van der Waals surface area contributed by atoms with Crippen molar-refractivity contribution in [1.29, 1.82) is 0 Å². The second-order valence-corrected chi connectivity index (χ2v) is 5.51. The number of carbonyl (C=O) groups excluding carboxylic acids is 2. The molecule has 0 unspecified atom stereocenters. The summed E-state index contributed by atoms with van der Waals surface area (Å²) in [6.45, 7) is 4.62. The highest BCUT2D eigenvalue weighted by atomic mass is 16.2. The molecule has 19 heavy (non-hydrogen) atoms. The highest BCUT2D eigenvalue weighted by molar-refractivity contribution is 5.99. The Labute approximate surface area is 112 Å². The average Bonchev–Trinajstić information content (AvgIpc) is 2.65. The van der Waals surface area contributed by atoms with Crippen molar-refractivity contribution in [2.75, 3.05) is 25.9 Å². The Hall–Kier alpha value is -1.98. The topological polar surface area (TPSA) is 71.6 Å². The van der Waals surface area contributed by atoms with Crippen LogP contribution in [-0.4, -0.2) is 51.9 Å². The number of aromatic nitrogens is 1. The van der Waals surface area contributed by atoms with Crippen molar-refractivity contribution in [3.8, 4) is 0 Å². The van der Waals surface area contributed by atoms with Crippen LogP contribution < -0.4 is 5.73 Å². The smallest absolute Gasteiger partial charge is 0.271 e. The Bertz CT molecular complexity index is 533. The summed E-state index contributed by atoms with van der Waals surface area (Å²) in [6, 6.07) is 1.64. The first-order valence-electron chi connectivity index (χ1n) is 6.24. The van der Waals surface area contributed by atoms with Gasteiger partial charge in [0.25, 0.3) is 5.91 Å². The fourth-order valence-corrected chi connectivity index (χ4v) is 2.51. The molecule has 0 aromatic carbocycles. The molecule has 1 saturated heterocycles. The third-order valence-corrected chi connectivity index (χ3v) is 3.69. The van der Waals surface area contributed by atoms with Gasteiger partial charge in [0.05, 0.1) is 5.69 Å². The molecule has 0 atom stereocenters. The maximum Gasteiger partial charge on any atom is 0.271 e. The zero-order valence-corrected chi connectivity index (χ0v) is 11.8. The summed E-state index contributed by atoms with van der Waals surface area (Å²) in [5.41, 5.74) is 5.91. The van der Waals surface area contributed by atoms with Crippen LogP contribution in [-0.2, 0) is 11.8 Å². The maximum atomic E-state index is 12.6. The van der Waals surface area contributed by atoms with Crippen LogP contribution in [0.1, 0.15) is 24.3 Å². The van der Waals surface area contributed by atoms with Crippen LogP contribution in [0.2, 0.25) is 0 Å². The zero-order valence-electron chi connectivity index (χ0n) is 11.8. The van der Waals surface area contributed by atoms with E-state index >= 15 is 0 Å². The Morgan fingerprint density at radius 1 is 1.32 bits per heavy atom. The Morgan fingerprint density at radius 3 is 2.47 bits per heavy atom.